The lowest BCUT2D eigenvalue weighted by molar-refractivity contribution is 0.0995. The predicted octanol–water partition coefficient (Wildman–Crippen LogP) is 5.93. The molecule has 5 rings (SSSR count). The van der Waals surface area contributed by atoms with E-state index in [9.17, 15) is 13.2 Å². The van der Waals surface area contributed by atoms with Crippen LogP contribution in [-0.2, 0) is 16.6 Å². The van der Waals surface area contributed by atoms with Gasteiger partial charge in [-0.25, -0.2) is 8.42 Å². The summed E-state index contributed by atoms with van der Waals surface area (Å²) in [5.74, 6) is 1.05. The molecule has 1 amide bonds. The highest BCUT2D eigenvalue weighted by molar-refractivity contribution is 7.89. The maximum atomic E-state index is 13.2. The van der Waals surface area contributed by atoms with Crippen molar-refractivity contribution < 1.29 is 22.4 Å². The lowest BCUT2D eigenvalue weighted by atomic mass is 9.94. The Bertz CT molecular complexity index is 1490. The summed E-state index contributed by atoms with van der Waals surface area (Å²) < 4.78 is 39.7. The van der Waals surface area contributed by atoms with Gasteiger partial charge in [0.1, 0.15) is 17.9 Å². The fourth-order valence-electron chi connectivity index (χ4n) is 4.95. The number of fused-ring (bicyclic) bond motifs is 1. The molecule has 1 aliphatic rings. The molecular weight excluding hydrogens is 488 g/mol. The van der Waals surface area contributed by atoms with Gasteiger partial charge in [0, 0.05) is 29.7 Å². The van der Waals surface area contributed by atoms with Crippen LogP contribution in [0.1, 0.15) is 36.4 Å². The van der Waals surface area contributed by atoms with Crippen LogP contribution in [0.2, 0.25) is 0 Å². The van der Waals surface area contributed by atoms with E-state index in [-0.39, 0.29) is 17.3 Å². The summed E-state index contributed by atoms with van der Waals surface area (Å²) in [7, 11) is -3.60. The molecule has 192 valence electrons. The van der Waals surface area contributed by atoms with Gasteiger partial charge in [-0.05, 0) is 60.7 Å². The lowest BCUT2D eigenvalue weighted by Crippen LogP contribution is -2.42. The fourth-order valence-corrected chi connectivity index (χ4v) is 6.63. The molecule has 1 N–H and O–H groups in total. The van der Waals surface area contributed by atoms with Gasteiger partial charge < -0.3 is 14.5 Å². The van der Waals surface area contributed by atoms with Gasteiger partial charge in [0.15, 0.2) is 5.76 Å². The third-order valence-corrected chi connectivity index (χ3v) is 8.46. The number of nitrogens with one attached hydrogen (secondary N) is 1. The van der Waals surface area contributed by atoms with E-state index in [1.54, 1.807) is 22.5 Å². The average Bonchev–Trinajstić information content (AvgIpc) is 3.27. The topological polar surface area (TPSA) is 88.9 Å². The minimum absolute atomic E-state index is 0.158. The number of amides is 1. The van der Waals surface area contributed by atoms with E-state index in [2.05, 4.69) is 19.2 Å². The molecule has 0 unspecified atom stereocenters. The molecule has 2 heterocycles. The van der Waals surface area contributed by atoms with Gasteiger partial charge in [0.25, 0.3) is 5.91 Å². The molecule has 2 atom stereocenters. The van der Waals surface area contributed by atoms with Crippen molar-refractivity contribution in [2.75, 3.05) is 18.4 Å². The number of ether oxygens (including phenoxy) is 1. The van der Waals surface area contributed by atoms with Crippen molar-refractivity contribution in [3.8, 4) is 5.75 Å². The van der Waals surface area contributed by atoms with Crippen molar-refractivity contribution in [2.24, 2.45) is 11.8 Å². The first-order chi connectivity index (χ1) is 17.8. The van der Waals surface area contributed by atoms with Crippen LogP contribution in [0.4, 0.5) is 5.69 Å². The van der Waals surface area contributed by atoms with Crippen molar-refractivity contribution in [3.63, 3.8) is 0 Å². The van der Waals surface area contributed by atoms with Crippen molar-refractivity contribution in [1.29, 1.82) is 0 Å². The second kappa shape index (κ2) is 10.4. The monoisotopic (exact) mass is 518 g/mol. The number of rotatable bonds is 7. The standard InChI is InChI=1S/C29H30N2O5S/c1-20-16-21(2)18-31(17-20)37(33,34)24-14-12-22(13-15-24)30-29(32)28-26(19-35-23-8-4-3-5-9-23)25-10-6-7-11-27(25)36-28/h3-15,20-21H,16-19H2,1-2H3,(H,30,32)/t20-,21-/m1/s1. The molecule has 0 spiro atoms. The summed E-state index contributed by atoms with van der Waals surface area (Å²) >= 11 is 0. The van der Waals surface area contributed by atoms with Crippen LogP contribution in [0.3, 0.4) is 0 Å². The molecule has 1 aliphatic heterocycles. The molecule has 3 aromatic carbocycles. The minimum atomic E-state index is -3.60. The molecule has 1 fully saturated rings. The number of benzene rings is 3. The van der Waals surface area contributed by atoms with E-state index >= 15 is 0 Å². The van der Waals surface area contributed by atoms with Crippen molar-refractivity contribution >= 4 is 32.6 Å². The smallest absolute Gasteiger partial charge is 0.291 e. The van der Waals surface area contributed by atoms with E-state index < -0.39 is 15.9 Å². The predicted molar refractivity (Wildman–Crippen MR) is 143 cm³/mol. The van der Waals surface area contributed by atoms with Gasteiger partial charge in [0.2, 0.25) is 10.0 Å². The first-order valence-electron chi connectivity index (χ1n) is 12.4. The Morgan fingerprint density at radius 1 is 0.946 bits per heavy atom. The molecule has 7 nitrogen and oxygen atoms in total. The quantitative estimate of drug-likeness (QED) is 0.328. The molecule has 37 heavy (non-hydrogen) atoms. The van der Waals surface area contributed by atoms with Crippen LogP contribution in [0, 0.1) is 11.8 Å². The maximum Gasteiger partial charge on any atom is 0.291 e. The van der Waals surface area contributed by atoms with Crippen LogP contribution in [-0.4, -0.2) is 31.7 Å². The maximum absolute atomic E-state index is 13.2. The van der Waals surface area contributed by atoms with Crippen LogP contribution in [0.5, 0.6) is 5.75 Å². The molecule has 1 saturated heterocycles. The fraction of sp³-hybridized carbons (Fsp3) is 0.276. The summed E-state index contributed by atoms with van der Waals surface area (Å²) in [5.41, 5.74) is 1.70. The number of sulfonamides is 1. The number of para-hydroxylation sites is 2. The normalized spacial score (nSPS) is 18.5. The lowest BCUT2D eigenvalue weighted by Gasteiger charge is -2.34. The molecule has 0 bridgehead atoms. The Morgan fingerprint density at radius 3 is 2.30 bits per heavy atom. The van der Waals surface area contributed by atoms with E-state index in [1.165, 1.54) is 12.1 Å². The van der Waals surface area contributed by atoms with Gasteiger partial charge in [-0.3, -0.25) is 4.79 Å². The Morgan fingerprint density at radius 2 is 1.59 bits per heavy atom. The second-order valence-electron chi connectivity index (χ2n) is 9.75. The number of furan rings is 1. The van der Waals surface area contributed by atoms with E-state index in [1.807, 2.05) is 48.5 Å². The Hall–Kier alpha value is -3.62. The van der Waals surface area contributed by atoms with E-state index in [4.69, 9.17) is 9.15 Å². The average molecular weight is 519 g/mol. The van der Waals surface area contributed by atoms with Crippen molar-refractivity contribution in [3.05, 3.63) is 90.2 Å². The molecule has 0 radical (unpaired) electrons. The molecule has 0 saturated carbocycles. The summed E-state index contributed by atoms with van der Waals surface area (Å²) in [4.78, 5) is 13.4. The van der Waals surface area contributed by atoms with Crippen LogP contribution in [0.15, 0.2) is 88.2 Å². The van der Waals surface area contributed by atoms with Crippen LogP contribution >= 0.6 is 0 Å². The number of hydrogen-bond acceptors (Lipinski definition) is 5. The number of carbonyl (C=O) groups excluding carboxylic acids is 1. The van der Waals surface area contributed by atoms with Gasteiger partial charge in [-0.2, -0.15) is 4.31 Å². The molecule has 1 aromatic heterocycles. The molecule has 4 aromatic rings. The third-order valence-electron chi connectivity index (χ3n) is 6.62. The highest BCUT2D eigenvalue weighted by Gasteiger charge is 2.31. The number of nitrogens with zero attached hydrogens (tertiary/aromatic N) is 1. The van der Waals surface area contributed by atoms with Crippen LogP contribution < -0.4 is 10.1 Å². The zero-order valence-corrected chi connectivity index (χ0v) is 21.7. The summed E-state index contributed by atoms with van der Waals surface area (Å²) in [6.45, 7) is 5.35. The van der Waals surface area contributed by atoms with Gasteiger partial charge in [-0.1, -0.05) is 50.2 Å². The van der Waals surface area contributed by atoms with Gasteiger partial charge in [-0.15, -0.1) is 0 Å². The number of carbonyl (C=O) groups is 1. The van der Waals surface area contributed by atoms with E-state index in [0.29, 0.717) is 47.5 Å². The summed E-state index contributed by atoms with van der Waals surface area (Å²) in [6.07, 6.45) is 1.02. The summed E-state index contributed by atoms with van der Waals surface area (Å²) in [6, 6.07) is 23.1. The molecular formula is C29H30N2O5S. The number of anilines is 1. The molecule has 8 heteroatoms. The SMILES string of the molecule is C[C@@H]1C[C@@H](C)CN(S(=O)(=O)c2ccc(NC(=O)c3oc4ccccc4c3COc3ccccc3)cc2)C1. The first kappa shape index (κ1) is 25.0. The third kappa shape index (κ3) is 5.40. The van der Waals surface area contributed by atoms with Crippen LogP contribution in [0.25, 0.3) is 11.0 Å². The Labute approximate surface area is 217 Å². The first-order valence-corrected chi connectivity index (χ1v) is 13.8. The minimum Gasteiger partial charge on any atom is -0.489 e. The second-order valence-corrected chi connectivity index (χ2v) is 11.7. The highest BCUT2D eigenvalue weighted by Crippen LogP contribution is 2.29. The molecule has 0 aliphatic carbocycles. The number of piperidine rings is 1. The number of hydrogen-bond donors (Lipinski definition) is 1. The Balaban J connectivity index is 1.35. The van der Waals surface area contributed by atoms with Gasteiger partial charge >= 0.3 is 0 Å². The van der Waals surface area contributed by atoms with Crippen molar-refractivity contribution in [1.82, 2.24) is 4.31 Å². The summed E-state index contributed by atoms with van der Waals surface area (Å²) in [5, 5.41) is 3.63. The van der Waals surface area contributed by atoms with E-state index in [0.717, 1.165) is 11.8 Å². The highest BCUT2D eigenvalue weighted by atomic mass is 32.2. The van der Waals surface area contributed by atoms with Gasteiger partial charge in [0.05, 0.1) is 4.90 Å². The Kier molecular flexibility index (Phi) is 7.04. The van der Waals surface area contributed by atoms with Crippen molar-refractivity contribution in [2.45, 2.75) is 31.8 Å². The zero-order valence-electron chi connectivity index (χ0n) is 20.9. The largest absolute Gasteiger partial charge is 0.489 e. The zero-order chi connectivity index (χ0) is 26.0.